The smallest absolute Gasteiger partial charge is 0.143 e. The van der Waals surface area contributed by atoms with Crippen molar-refractivity contribution in [1.29, 1.82) is 0 Å². The SMILES string of the molecule is CC12CCC3C(C1=O)C32C. The third-order valence-corrected chi connectivity index (χ3v) is 4.68. The van der Waals surface area contributed by atoms with Crippen molar-refractivity contribution in [2.45, 2.75) is 26.7 Å². The number of hydrogen-bond acceptors (Lipinski definition) is 1. The molecule has 4 atom stereocenters. The van der Waals surface area contributed by atoms with Gasteiger partial charge in [0.1, 0.15) is 5.78 Å². The molecule has 3 fully saturated rings. The second-order valence-electron chi connectivity index (χ2n) is 4.60. The fourth-order valence-electron chi connectivity index (χ4n) is 3.64. The normalized spacial score (nSPS) is 69.2. The van der Waals surface area contributed by atoms with Crippen molar-refractivity contribution in [3.8, 4) is 0 Å². The highest BCUT2D eigenvalue weighted by Crippen LogP contribution is 2.85. The van der Waals surface area contributed by atoms with Crippen molar-refractivity contribution >= 4 is 5.78 Å². The molecule has 54 valence electrons. The molecule has 10 heavy (non-hydrogen) atoms. The number of carbonyl (C=O) groups is 1. The van der Waals surface area contributed by atoms with E-state index in [2.05, 4.69) is 13.8 Å². The Balaban J connectivity index is 2.18. The highest BCUT2D eigenvalue weighted by molar-refractivity contribution is 6.01. The summed E-state index contributed by atoms with van der Waals surface area (Å²) in [4.78, 5) is 11.4. The highest BCUT2D eigenvalue weighted by Gasteiger charge is 2.86. The molecule has 0 N–H and O–H groups in total. The first-order valence-electron chi connectivity index (χ1n) is 4.17. The molecule has 0 aliphatic heterocycles. The molecule has 0 heterocycles. The first-order chi connectivity index (χ1) is 4.62. The quantitative estimate of drug-likeness (QED) is 0.494. The minimum Gasteiger partial charge on any atom is -0.299 e. The monoisotopic (exact) mass is 136 g/mol. The Morgan fingerprint density at radius 1 is 1.50 bits per heavy atom. The summed E-state index contributed by atoms with van der Waals surface area (Å²) in [5.41, 5.74) is 0.604. The number of carbonyl (C=O) groups excluding carboxylic acids is 1. The summed E-state index contributed by atoms with van der Waals surface area (Å²) >= 11 is 0. The standard InChI is InChI=1S/C9H12O/c1-8-4-3-5-6(7(8)10)9(5,8)2/h5-6H,3-4H2,1-2H3. The van der Waals surface area contributed by atoms with Crippen LogP contribution in [0.15, 0.2) is 0 Å². The second-order valence-corrected chi connectivity index (χ2v) is 4.60. The van der Waals surface area contributed by atoms with Crippen LogP contribution in [0.5, 0.6) is 0 Å². The number of Topliss-reactive ketones (excluding diaryl/α,β-unsaturated/α-hetero) is 1. The van der Waals surface area contributed by atoms with Crippen LogP contribution in [0, 0.1) is 22.7 Å². The molecular weight excluding hydrogens is 124 g/mol. The molecule has 0 aromatic rings. The van der Waals surface area contributed by atoms with Crippen molar-refractivity contribution in [3.63, 3.8) is 0 Å². The van der Waals surface area contributed by atoms with Gasteiger partial charge in [0.2, 0.25) is 0 Å². The van der Waals surface area contributed by atoms with E-state index in [0.29, 0.717) is 17.1 Å². The van der Waals surface area contributed by atoms with Gasteiger partial charge in [-0.2, -0.15) is 0 Å². The molecule has 3 aliphatic rings. The van der Waals surface area contributed by atoms with Crippen molar-refractivity contribution in [2.75, 3.05) is 0 Å². The molecule has 3 aliphatic carbocycles. The number of fused-ring (bicyclic) bond motifs is 1. The van der Waals surface area contributed by atoms with E-state index in [1.54, 1.807) is 0 Å². The first kappa shape index (κ1) is 5.34. The van der Waals surface area contributed by atoms with Crippen molar-refractivity contribution in [1.82, 2.24) is 0 Å². The fourth-order valence-corrected chi connectivity index (χ4v) is 3.64. The highest BCUT2D eigenvalue weighted by atomic mass is 16.1. The maximum atomic E-state index is 11.4. The van der Waals surface area contributed by atoms with Crippen LogP contribution in [-0.4, -0.2) is 5.78 Å². The van der Waals surface area contributed by atoms with Crippen molar-refractivity contribution < 1.29 is 4.79 Å². The topological polar surface area (TPSA) is 17.1 Å². The van der Waals surface area contributed by atoms with Gasteiger partial charge >= 0.3 is 0 Å². The lowest BCUT2D eigenvalue weighted by Gasteiger charge is -2.41. The van der Waals surface area contributed by atoms with Crippen LogP contribution < -0.4 is 0 Å². The molecule has 0 bridgehead atoms. The van der Waals surface area contributed by atoms with E-state index in [1.165, 1.54) is 12.8 Å². The molecule has 0 saturated heterocycles. The van der Waals surface area contributed by atoms with E-state index in [-0.39, 0.29) is 5.41 Å². The molecule has 3 rings (SSSR count). The van der Waals surface area contributed by atoms with Gasteiger partial charge in [0.05, 0.1) is 0 Å². The molecule has 0 aromatic carbocycles. The van der Waals surface area contributed by atoms with Crippen LogP contribution in [0.25, 0.3) is 0 Å². The van der Waals surface area contributed by atoms with Crippen LogP contribution >= 0.6 is 0 Å². The van der Waals surface area contributed by atoms with Gasteiger partial charge < -0.3 is 0 Å². The molecule has 0 radical (unpaired) electrons. The minimum atomic E-state index is 0.127. The van der Waals surface area contributed by atoms with E-state index in [9.17, 15) is 4.79 Å². The molecule has 0 amide bonds. The zero-order valence-electron chi connectivity index (χ0n) is 6.48. The largest absolute Gasteiger partial charge is 0.299 e. The summed E-state index contributed by atoms with van der Waals surface area (Å²) in [7, 11) is 0. The van der Waals surface area contributed by atoms with Crippen molar-refractivity contribution in [2.24, 2.45) is 22.7 Å². The van der Waals surface area contributed by atoms with Crippen LogP contribution in [0.2, 0.25) is 0 Å². The maximum absolute atomic E-state index is 11.4. The summed E-state index contributed by atoms with van der Waals surface area (Å²) in [5.74, 6) is 1.88. The molecular formula is C9H12O. The van der Waals surface area contributed by atoms with Gasteiger partial charge in [-0.15, -0.1) is 0 Å². The minimum absolute atomic E-state index is 0.127. The molecule has 1 nitrogen and oxygen atoms in total. The summed E-state index contributed by atoms with van der Waals surface area (Å²) < 4.78 is 0. The molecule has 1 heteroatoms. The predicted octanol–water partition coefficient (Wildman–Crippen LogP) is 1.62. The summed E-state index contributed by atoms with van der Waals surface area (Å²) in [6, 6.07) is 0. The number of hydrogen-bond donors (Lipinski definition) is 0. The van der Waals surface area contributed by atoms with Gasteiger partial charge in [-0.3, -0.25) is 4.79 Å². The Labute approximate surface area is 60.8 Å². The van der Waals surface area contributed by atoms with Crippen molar-refractivity contribution in [3.05, 3.63) is 0 Å². The molecule has 0 spiro atoms. The Bertz CT molecular complexity index is 245. The number of ketones is 1. The van der Waals surface area contributed by atoms with Crippen LogP contribution in [0.1, 0.15) is 26.7 Å². The van der Waals surface area contributed by atoms with E-state index in [4.69, 9.17) is 0 Å². The first-order valence-corrected chi connectivity index (χ1v) is 4.17. The second kappa shape index (κ2) is 0.992. The summed E-state index contributed by atoms with van der Waals surface area (Å²) in [5, 5.41) is 0. The lowest BCUT2D eigenvalue weighted by atomic mass is 9.60. The lowest BCUT2D eigenvalue weighted by Crippen LogP contribution is -2.47. The van der Waals surface area contributed by atoms with E-state index in [1.807, 2.05) is 0 Å². The fraction of sp³-hybridized carbons (Fsp3) is 0.889. The lowest BCUT2D eigenvalue weighted by molar-refractivity contribution is -0.144. The Morgan fingerprint density at radius 2 is 2.20 bits per heavy atom. The predicted molar refractivity (Wildman–Crippen MR) is 37.4 cm³/mol. The maximum Gasteiger partial charge on any atom is 0.143 e. The van der Waals surface area contributed by atoms with Crippen LogP contribution in [0.4, 0.5) is 0 Å². The zero-order chi connectivity index (χ0) is 7.15. The Morgan fingerprint density at radius 3 is 2.40 bits per heavy atom. The average Bonchev–Trinajstić information content (AvgIpc) is 2.41. The van der Waals surface area contributed by atoms with Gasteiger partial charge in [0.25, 0.3) is 0 Å². The van der Waals surface area contributed by atoms with Gasteiger partial charge in [0, 0.05) is 11.3 Å². The summed E-state index contributed by atoms with van der Waals surface area (Å²) in [6.07, 6.45) is 2.49. The van der Waals surface area contributed by atoms with E-state index >= 15 is 0 Å². The molecule has 0 aromatic heterocycles. The van der Waals surface area contributed by atoms with Crippen LogP contribution in [0.3, 0.4) is 0 Å². The Hall–Kier alpha value is -0.330. The molecule has 3 saturated carbocycles. The van der Waals surface area contributed by atoms with Gasteiger partial charge in [-0.25, -0.2) is 0 Å². The van der Waals surface area contributed by atoms with Crippen LogP contribution in [-0.2, 0) is 4.79 Å². The Kier molecular flexibility index (Phi) is 0.530. The van der Waals surface area contributed by atoms with Gasteiger partial charge in [-0.05, 0) is 24.2 Å². The van der Waals surface area contributed by atoms with Gasteiger partial charge in [0.15, 0.2) is 0 Å². The third-order valence-electron chi connectivity index (χ3n) is 4.68. The van der Waals surface area contributed by atoms with Gasteiger partial charge in [-0.1, -0.05) is 13.8 Å². The summed E-state index contributed by atoms with van der Waals surface area (Å²) in [6.45, 7) is 4.47. The molecule has 4 unspecified atom stereocenters. The van der Waals surface area contributed by atoms with E-state index in [0.717, 1.165) is 5.92 Å². The van der Waals surface area contributed by atoms with E-state index < -0.39 is 0 Å². The number of rotatable bonds is 0. The zero-order valence-corrected chi connectivity index (χ0v) is 6.48. The third kappa shape index (κ3) is 0.228. The average molecular weight is 136 g/mol.